The average Bonchev–Trinajstić information content (AvgIpc) is 2.19. The molecule has 3 N–H and O–H groups in total. The summed E-state index contributed by atoms with van der Waals surface area (Å²) in [6, 6.07) is 1.78. The predicted octanol–water partition coefficient (Wildman–Crippen LogP) is 2.58. The molecule has 0 unspecified atom stereocenters. The van der Waals surface area contributed by atoms with Gasteiger partial charge in [-0.15, -0.1) is 0 Å². The monoisotopic (exact) mass is 271 g/mol. The second-order valence-corrected chi connectivity index (χ2v) is 4.79. The topological polar surface area (TPSA) is 95.9 Å². The molecule has 0 spiro atoms. The average molecular weight is 271 g/mol. The Labute approximate surface area is 108 Å². The molecule has 0 aromatic heterocycles. The fourth-order valence-electron chi connectivity index (χ4n) is 1.26. The Morgan fingerprint density at radius 2 is 1.89 bits per heavy atom. The first kappa shape index (κ1) is 14.7. The second-order valence-electron chi connectivity index (χ2n) is 4.79. The summed E-state index contributed by atoms with van der Waals surface area (Å²) in [5, 5.41) is 20.2. The summed E-state index contributed by atoms with van der Waals surface area (Å²) in [7, 11) is 0. The summed E-state index contributed by atoms with van der Waals surface area (Å²) in [5.41, 5.74) is -1.56. The number of amides is 1. The van der Waals surface area contributed by atoms with Gasteiger partial charge in [-0.05, 0) is 26.8 Å². The Hall–Kier alpha value is -2.31. The van der Waals surface area contributed by atoms with Crippen molar-refractivity contribution in [2.75, 3.05) is 5.32 Å². The van der Waals surface area contributed by atoms with E-state index in [0.29, 0.717) is 0 Å². The minimum Gasteiger partial charge on any atom is -0.505 e. The number of hydrogen-bond donors (Lipinski definition) is 3. The van der Waals surface area contributed by atoms with Crippen LogP contribution in [0, 0.1) is 5.82 Å². The number of nitrogens with one attached hydrogen (secondary N) is 1. The summed E-state index contributed by atoms with van der Waals surface area (Å²) >= 11 is 0. The van der Waals surface area contributed by atoms with E-state index in [1.54, 1.807) is 20.8 Å². The zero-order chi connectivity index (χ0) is 14.8. The molecule has 0 bridgehead atoms. The molecule has 0 aliphatic rings. The Morgan fingerprint density at radius 3 is 2.37 bits per heavy atom. The van der Waals surface area contributed by atoms with Crippen LogP contribution in [0.4, 0.5) is 14.9 Å². The quantitative estimate of drug-likeness (QED) is 0.768. The SMILES string of the molecule is CC(C)(C)OC(=O)Nc1cc(O)c(F)c(C(=O)O)c1. The van der Waals surface area contributed by atoms with Gasteiger partial charge in [0.1, 0.15) is 11.2 Å². The van der Waals surface area contributed by atoms with Crippen LogP contribution >= 0.6 is 0 Å². The number of carbonyl (C=O) groups is 2. The number of aromatic carboxylic acids is 1. The van der Waals surface area contributed by atoms with Crippen LogP contribution < -0.4 is 5.32 Å². The number of anilines is 1. The first-order valence-corrected chi connectivity index (χ1v) is 5.36. The van der Waals surface area contributed by atoms with Gasteiger partial charge < -0.3 is 14.9 Å². The smallest absolute Gasteiger partial charge is 0.412 e. The molecule has 7 heteroatoms. The van der Waals surface area contributed by atoms with Crippen LogP contribution in [0.1, 0.15) is 31.1 Å². The van der Waals surface area contributed by atoms with Gasteiger partial charge in [0.05, 0.1) is 0 Å². The third-order valence-electron chi connectivity index (χ3n) is 1.93. The normalized spacial score (nSPS) is 10.9. The molecule has 0 aliphatic heterocycles. The lowest BCUT2D eigenvalue weighted by Gasteiger charge is -2.19. The van der Waals surface area contributed by atoms with Crippen molar-refractivity contribution >= 4 is 17.7 Å². The summed E-state index contributed by atoms with van der Waals surface area (Å²) < 4.78 is 18.2. The molecule has 1 amide bonds. The van der Waals surface area contributed by atoms with E-state index in [-0.39, 0.29) is 5.69 Å². The number of aromatic hydroxyl groups is 1. The third kappa shape index (κ3) is 4.13. The Kier molecular flexibility index (Phi) is 3.98. The molecule has 0 saturated carbocycles. The number of benzene rings is 1. The van der Waals surface area contributed by atoms with Crippen LogP contribution in [-0.2, 0) is 4.74 Å². The Morgan fingerprint density at radius 1 is 1.32 bits per heavy atom. The standard InChI is InChI=1S/C12H14FNO5/c1-12(2,3)19-11(18)14-6-4-7(10(16)17)9(13)8(15)5-6/h4-5,15H,1-3H3,(H,14,18)(H,16,17). The third-order valence-corrected chi connectivity index (χ3v) is 1.93. The molecular weight excluding hydrogens is 257 g/mol. The number of carboxylic acids is 1. The molecule has 6 nitrogen and oxygen atoms in total. The van der Waals surface area contributed by atoms with Gasteiger partial charge in [-0.1, -0.05) is 0 Å². The lowest BCUT2D eigenvalue weighted by molar-refractivity contribution is 0.0632. The van der Waals surface area contributed by atoms with Gasteiger partial charge in [-0.3, -0.25) is 5.32 Å². The molecule has 0 heterocycles. The van der Waals surface area contributed by atoms with Gasteiger partial charge in [0, 0.05) is 11.8 Å². The van der Waals surface area contributed by atoms with Gasteiger partial charge >= 0.3 is 12.1 Å². The number of carboxylic acid groups (broad SMARTS) is 1. The summed E-state index contributed by atoms with van der Waals surface area (Å²) in [6.45, 7) is 4.95. The molecule has 0 aliphatic carbocycles. The van der Waals surface area contributed by atoms with Crippen LogP contribution in [-0.4, -0.2) is 27.9 Å². The first-order valence-electron chi connectivity index (χ1n) is 5.36. The van der Waals surface area contributed by atoms with Crippen molar-refractivity contribution in [3.8, 4) is 5.75 Å². The maximum atomic E-state index is 13.3. The van der Waals surface area contributed by atoms with Crippen molar-refractivity contribution < 1.29 is 28.9 Å². The van der Waals surface area contributed by atoms with Gasteiger partial charge in [0.25, 0.3) is 0 Å². The predicted molar refractivity (Wildman–Crippen MR) is 64.9 cm³/mol. The van der Waals surface area contributed by atoms with Crippen LogP contribution in [0.5, 0.6) is 5.75 Å². The zero-order valence-electron chi connectivity index (χ0n) is 10.7. The molecule has 19 heavy (non-hydrogen) atoms. The number of hydrogen-bond acceptors (Lipinski definition) is 4. The molecule has 0 radical (unpaired) electrons. The number of halogens is 1. The molecule has 1 aromatic carbocycles. The lowest BCUT2D eigenvalue weighted by Crippen LogP contribution is -2.27. The van der Waals surface area contributed by atoms with Crippen molar-refractivity contribution in [3.63, 3.8) is 0 Å². The Bertz CT molecular complexity index is 522. The fourth-order valence-corrected chi connectivity index (χ4v) is 1.26. The second kappa shape index (κ2) is 5.13. The number of phenols is 1. The van der Waals surface area contributed by atoms with Gasteiger partial charge in [-0.2, -0.15) is 0 Å². The van der Waals surface area contributed by atoms with Crippen molar-refractivity contribution in [2.24, 2.45) is 0 Å². The zero-order valence-corrected chi connectivity index (χ0v) is 10.7. The van der Waals surface area contributed by atoms with Crippen LogP contribution in [0.3, 0.4) is 0 Å². The van der Waals surface area contributed by atoms with Crippen molar-refractivity contribution in [2.45, 2.75) is 26.4 Å². The van der Waals surface area contributed by atoms with E-state index >= 15 is 0 Å². The van der Waals surface area contributed by atoms with Crippen molar-refractivity contribution in [1.82, 2.24) is 0 Å². The fraction of sp³-hybridized carbons (Fsp3) is 0.333. The summed E-state index contributed by atoms with van der Waals surface area (Å²) in [5.74, 6) is -3.69. The van der Waals surface area contributed by atoms with Crippen molar-refractivity contribution in [1.29, 1.82) is 0 Å². The van der Waals surface area contributed by atoms with Crippen LogP contribution in [0.25, 0.3) is 0 Å². The summed E-state index contributed by atoms with van der Waals surface area (Å²) in [4.78, 5) is 22.2. The largest absolute Gasteiger partial charge is 0.505 e. The molecule has 1 aromatic rings. The highest BCUT2D eigenvalue weighted by Gasteiger charge is 2.19. The minimum atomic E-state index is -1.55. The van der Waals surface area contributed by atoms with E-state index in [1.807, 2.05) is 0 Å². The minimum absolute atomic E-state index is 0.0782. The Balaban J connectivity index is 2.97. The van der Waals surface area contributed by atoms with E-state index in [0.717, 1.165) is 12.1 Å². The van der Waals surface area contributed by atoms with Crippen LogP contribution in [0.2, 0.25) is 0 Å². The van der Waals surface area contributed by atoms with E-state index in [2.05, 4.69) is 5.32 Å². The van der Waals surface area contributed by atoms with Gasteiger partial charge in [-0.25, -0.2) is 14.0 Å². The van der Waals surface area contributed by atoms with Crippen molar-refractivity contribution in [3.05, 3.63) is 23.5 Å². The number of rotatable bonds is 2. The molecular formula is C12H14FNO5. The van der Waals surface area contributed by atoms with E-state index in [4.69, 9.17) is 9.84 Å². The molecule has 104 valence electrons. The van der Waals surface area contributed by atoms with E-state index < -0.39 is 34.8 Å². The number of phenolic OH excluding ortho intramolecular Hbond substituents is 1. The van der Waals surface area contributed by atoms with Crippen LogP contribution in [0.15, 0.2) is 12.1 Å². The molecule has 0 saturated heterocycles. The molecule has 0 atom stereocenters. The maximum absolute atomic E-state index is 13.3. The lowest BCUT2D eigenvalue weighted by atomic mass is 10.1. The van der Waals surface area contributed by atoms with E-state index in [1.165, 1.54) is 0 Å². The number of carbonyl (C=O) groups excluding carboxylic acids is 1. The number of ether oxygens (including phenoxy) is 1. The molecule has 1 rings (SSSR count). The maximum Gasteiger partial charge on any atom is 0.412 e. The molecule has 0 fully saturated rings. The highest BCUT2D eigenvalue weighted by atomic mass is 19.1. The van der Waals surface area contributed by atoms with Gasteiger partial charge in [0.15, 0.2) is 11.6 Å². The van der Waals surface area contributed by atoms with E-state index in [9.17, 15) is 19.1 Å². The highest BCUT2D eigenvalue weighted by Crippen LogP contribution is 2.25. The first-order chi connectivity index (χ1) is 8.60. The summed E-state index contributed by atoms with van der Waals surface area (Å²) in [6.07, 6.45) is -0.838. The highest BCUT2D eigenvalue weighted by molar-refractivity contribution is 5.92. The van der Waals surface area contributed by atoms with Gasteiger partial charge in [0.2, 0.25) is 0 Å².